The Balaban J connectivity index is 2.24. The quantitative estimate of drug-likeness (QED) is 0.858. The minimum Gasteiger partial charge on any atom is -0.276 e. The van der Waals surface area contributed by atoms with Gasteiger partial charge in [-0.25, -0.2) is 8.42 Å². The summed E-state index contributed by atoms with van der Waals surface area (Å²) in [5.41, 5.74) is 1.36. The van der Waals surface area contributed by atoms with Gasteiger partial charge in [0.15, 0.2) is 9.84 Å². The zero-order chi connectivity index (χ0) is 14.0. The molecule has 4 nitrogen and oxygen atoms in total. The molecule has 0 spiro atoms. The Hall–Kier alpha value is -1.14. The maximum Gasteiger partial charge on any atom is 0.162 e. The maximum absolute atomic E-state index is 12.4. The minimum atomic E-state index is -3.27. The summed E-state index contributed by atoms with van der Waals surface area (Å²) < 4.78 is 27.2. The van der Waals surface area contributed by atoms with E-state index in [0.717, 1.165) is 10.0 Å². The first kappa shape index (κ1) is 14.3. The summed E-state index contributed by atoms with van der Waals surface area (Å²) in [5.74, 6) is -0.0402. The Labute approximate surface area is 121 Å². The van der Waals surface area contributed by atoms with Gasteiger partial charge in [-0.05, 0) is 30.7 Å². The van der Waals surface area contributed by atoms with Crippen LogP contribution in [0, 0.1) is 0 Å². The molecule has 0 fully saturated rings. The van der Waals surface area contributed by atoms with Gasteiger partial charge in [-0.3, -0.25) is 4.68 Å². The second-order valence-corrected chi connectivity index (χ2v) is 7.72. The van der Waals surface area contributed by atoms with Gasteiger partial charge in [-0.2, -0.15) is 5.10 Å². The first-order chi connectivity index (χ1) is 8.88. The molecule has 0 saturated heterocycles. The molecule has 1 heterocycles. The number of aryl methyl sites for hydroxylation is 1. The van der Waals surface area contributed by atoms with Crippen LogP contribution in [0.15, 0.2) is 41.0 Å². The molecular formula is C13H15BrN2O2S. The maximum atomic E-state index is 12.4. The van der Waals surface area contributed by atoms with Crippen LogP contribution < -0.4 is 0 Å². The third kappa shape index (κ3) is 3.45. The van der Waals surface area contributed by atoms with Gasteiger partial charge < -0.3 is 0 Å². The molecule has 0 N–H and O–H groups in total. The van der Waals surface area contributed by atoms with Crippen molar-refractivity contribution in [2.75, 3.05) is 0 Å². The van der Waals surface area contributed by atoms with Crippen LogP contribution in [0.5, 0.6) is 0 Å². The molecule has 0 saturated carbocycles. The van der Waals surface area contributed by atoms with Crippen molar-refractivity contribution >= 4 is 25.8 Å². The molecule has 1 aromatic carbocycles. The van der Waals surface area contributed by atoms with Gasteiger partial charge in [0.25, 0.3) is 0 Å². The van der Waals surface area contributed by atoms with Gasteiger partial charge in [0.2, 0.25) is 0 Å². The fourth-order valence-electron chi connectivity index (χ4n) is 1.84. The van der Waals surface area contributed by atoms with E-state index in [2.05, 4.69) is 21.0 Å². The zero-order valence-corrected chi connectivity index (χ0v) is 13.1. The lowest BCUT2D eigenvalue weighted by Crippen LogP contribution is -2.13. The summed E-state index contributed by atoms with van der Waals surface area (Å²) in [7, 11) is -1.49. The fourth-order valence-corrected chi connectivity index (χ4v) is 3.63. The lowest BCUT2D eigenvalue weighted by Gasteiger charge is -2.12. The van der Waals surface area contributed by atoms with Gasteiger partial charge in [-0.1, -0.05) is 28.1 Å². The molecule has 1 unspecified atom stereocenters. The largest absolute Gasteiger partial charge is 0.276 e. The number of aromatic nitrogens is 2. The molecule has 0 amide bonds. The monoisotopic (exact) mass is 342 g/mol. The Morgan fingerprint density at radius 1 is 1.37 bits per heavy atom. The lowest BCUT2D eigenvalue weighted by molar-refractivity contribution is 0.584. The van der Waals surface area contributed by atoms with Crippen molar-refractivity contribution < 1.29 is 8.42 Å². The molecule has 1 aromatic heterocycles. The number of hydrogen-bond donors (Lipinski definition) is 0. The molecule has 0 aliphatic carbocycles. The summed E-state index contributed by atoms with van der Waals surface area (Å²) in [6.07, 6.45) is 1.74. The van der Waals surface area contributed by atoms with Crippen LogP contribution in [0.4, 0.5) is 0 Å². The second-order valence-electron chi connectivity index (χ2n) is 4.49. The molecule has 0 radical (unpaired) electrons. The molecular weight excluding hydrogens is 328 g/mol. The topological polar surface area (TPSA) is 52.0 Å². The summed E-state index contributed by atoms with van der Waals surface area (Å²) in [5, 5.41) is 3.57. The Kier molecular flexibility index (Phi) is 4.10. The third-order valence-electron chi connectivity index (χ3n) is 2.97. The van der Waals surface area contributed by atoms with E-state index in [1.54, 1.807) is 30.9 Å². The summed E-state index contributed by atoms with van der Waals surface area (Å²) >= 11 is 3.36. The number of benzene rings is 1. The average Bonchev–Trinajstić information content (AvgIpc) is 2.73. The van der Waals surface area contributed by atoms with E-state index in [-0.39, 0.29) is 5.75 Å². The number of hydrogen-bond acceptors (Lipinski definition) is 3. The predicted octanol–water partition coefficient (Wildman–Crippen LogP) is 2.86. The fraction of sp³-hybridized carbons (Fsp3) is 0.308. The minimum absolute atomic E-state index is 0.0402. The first-order valence-corrected chi connectivity index (χ1v) is 8.35. The Morgan fingerprint density at radius 2 is 2.11 bits per heavy atom. The predicted molar refractivity (Wildman–Crippen MR) is 78.4 cm³/mol. The van der Waals surface area contributed by atoms with Gasteiger partial charge in [0, 0.05) is 17.7 Å². The number of rotatable bonds is 4. The van der Waals surface area contributed by atoms with Gasteiger partial charge in [0.05, 0.1) is 16.7 Å². The average molecular weight is 343 g/mol. The lowest BCUT2D eigenvalue weighted by atomic mass is 10.2. The molecule has 2 aromatic rings. The van der Waals surface area contributed by atoms with Crippen LogP contribution in [0.3, 0.4) is 0 Å². The van der Waals surface area contributed by atoms with Crippen LogP contribution in [0.25, 0.3) is 0 Å². The number of sulfone groups is 1. The van der Waals surface area contributed by atoms with Gasteiger partial charge in [0.1, 0.15) is 0 Å². The molecule has 6 heteroatoms. The second kappa shape index (κ2) is 5.46. The third-order valence-corrected chi connectivity index (χ3v) is 5.52. The van der Waals surface area contributed by atoms with Crippen molar-refractivity contribution in [3.63, 3.8) is 0 Å². The highest BCUT2D eigenvalue weighted by molar-refractivity contribution is 9.10. The van der Waals surface area contributed by atoms with E-state index in [1.165, 1.54) is 0 Å². The molecule has 0 aliphatic rings. The van der Waals surface area contributed by atoms with Crippen LogP contribution in [-0.4, -0.2) is 18.2 Å². The van der Waals surface area contributed by atoms with Crippen molar-refractivity contribution in [1.29, 1.82) is 0 Å². The van der Waals surface area contributed by atoms with Crippen LogP contribution >= 0.6 is 15.9 Å². The van der Waals surface area contributed by atoms with E-state index in [0.29, 0.717) is 5.69 Å². The molecule has 2 rings (SSSR count). The molecule has 0 aliphatic heterocycles. The van der Waals surface area contributed by atoms with Crippen molar-refractivity contribution in [3.8, 4) is 0 Å². The first-order valence-electron chi connectivity index (χ1n) is 5.84. The van der Waals surface area contributed by atoms with Crippen molar-refractivity contribution in [1.82, 2.24) is 9.78 Å². The standard InChI is InChI=1S/C13H15BrN2O2S/c1-10(11-4-3-5-12(14)8-11)19(17,18)9-13-6-7-16(2)15-13/h3-8,10H,9H2,1-2H3. The number of halogens is 1. The number of nitrogens with zero attached hydrogens (tertiary/aromatic N) is 2. The van der Waals surface area contributed by atoms with E-state index >= 15 is 0 Å². The van der Waals surface area contributed by atoms with Crippen LogP contribution in [0.1, 0.15) is 23.4 Å². The van der Waals surface area contributed by atoms with E-state index < -0.39 is 15.1 Å². The zero-order valence-electron chi connectivity index (χ0n) is 10.7. The highest BCUT2D eigenvalue weighted by atomic mass is 79.9. The SMILES string of the molecule is CC(c1cccc(Br)c1)S(=O)(=O)Cc1ccn(C)n1. The molecule has 19 heavy (non-hydrogen) atoms. The van der Waals surface area contributed by atoms with E-state index in [9.17, 15) is 8.42 Å². The normalized spacial score (nSPS) is 13.4. The highest BCUT2D eigenvalue weighted by Crippen LogP contribution is 2.26. The van der Waals surface area contributed by atoms with Crippen LogP contribution in [0.2, 0.25) is 0 Å². The molecule has 0 bridgehead atoms. The van der Waals surface area contributed by atoms with Crippen LogP contribution in [-0.2, 0) is 22.6 Å². The summed E-state index contributed by atoms with van der Waals surface area (Å²) in [6.45, 7) is 1.71. The molecule has 102 valence electrons. The smallest absolute Gasteiger partial charge is 0.162 e. The van der Waals surface area contributed by atoms with Gasteiger partial charge >= 0.3 is 0 Å². The summed E-state index contributed by atoms with van der Waals surface area (Å²) in [4.78, 5) is 0. The van der Waals surface area contributed by atoms with Crippen molar-refractivity contribution in [2.45, 2.75) is 17.9 Å². The van der Waals surface area contributed by atoms with Crippen molar-refractivity contribution in [2.24, 2.45) is 7.05 Å². The Bertz CT molecular complexity index is 679. The summed E-state index contributed by atoms with van der Waals surface area (Å²) in [6, 6.07) is 9.10. The molecule has 1 atom stereocenters. The Morgan fingerprint density at radius 3 is 2.68 bits per heavy atom. The van der Waals surface area contributed by atoms with Crippen molar-refractivity contribution in [3.05, 3.63) is 52.3 Å². The highest BCUT2D eigenvalue weighted by Gasteiger charge is 2.24. The van der Waals surface area contributed by atoms with E-state index in [1.807, 2.05) is 24.3 Å². The van der Waals surface area contributed by atoms with E-state index in [4.69, 9.17) is 0 Å². The van der Waals surface area contributed by atoms with Gasteiger partial charge in [-0.15, -0.1) is 0 Å².